The van der Waals surface area contributed by atoms with E-state index in [2.05, 4.69) is 19.2 Å². The first-order valence-corrected chi connectivity index (χ1v) is 6.62. The fraction of sp³-hybridized carbons (Fsp3) is 0.533. The van der Waals surface area contributed by atoms with Gasteiger partial charge in [-0.3, -0.25) is 10.1 Å². The molecule has 1 aromatic carbocycles. The number of benzene rings is 1. The van der Waals surface area contributed by atoms with Gasteiger partial charge in [-0.05, 0) is 31.1 Å². The monoisotopic (exact) mass is 264 g/mol. The average molecular weight is 264 g/mol. The van der Waals surface area contributed by atoms with Gasteiger partial charge in [0.05, 0.1) is 0 Å². The van der Waals surface area contributed by atoms with Gasteiger partial charge in [-0.1, -0.05) is 38.1 Å². The maximum Gasteiger partial charge on any atom is 0.325 e. The Labute approximate surface area is 115 Å². The van der Waals surface area contributed by atoms with Crippen LogP contribution in [0.15, 0.2) is 24.3 Å². The molecule has 2 N–H and O–H groups in total. The summed E-state index contributed by atoms with van der Waals surface area (Å²) in [5, 5.41) is 12.4. The van der Waals surface area contributed by atoms with E-state index in [9.17, 15) is 9.90 Å². The number of likely N-dealkylation sites (N-methyl/N-ethyl adjacent to an activating group) is 1. The predicted octanol–water partition coefficient (Wildman–Crippen LogP) is 2.09. The summed E-state index contributed by atoms with van der Waals surface area (Å²) in [6, 6.07) is 7.17. The van der Waals surface area contributed by atoms with E-state index in [1.165, 1.54) is 5.56 Å². The number of hydrogen-bond donors (Lipinski definition) is 2. The standard InChI is InChI=1S/C15H24N2O2/c1-11(2)12-5-7-13(8-6-12)14(15(18)19)16-9-10-17(3)4/h5-8,11,14,16H,9-10H2,1-4H3,(H,18,19). The summed E-state index contributed by atoms with van der Waals surface area (Å²) in [5.74, 6) is -0.380. The third-order valence-corrected chi connectivity index (χ3v) is 3.09. The van der Waals surface area contributed by atoms with E-state index in [0.29, 0.717) is 12.5 Å². The quantitative estimate of drug-likeness (QED) is 0.792. The topological polar surface area (TPSA) is 52.6 Å². The molecule has 1 unspecified atom stereocenters. The zero-order valence-corrected chi connectivity index (χ0v) is 12.2. The molecule has 19 heavy (non-hydrogen) atoms. The molecule has 0 fully saturated rings. The summed E-state index contributed by atoms with van der Waals surface area (Å²) >= 11 is 0. The molecule has 0 aliphatic heterocycles. The van der Waals surface area contributed by atoms with Crippen LogP contribution < -0.4 is 5.32 Å². The molecule has 106 valence electrons. The van der Waals surface area contributed by atoms with Gasteiger partial charge in [-0.2, -0.15) is 0 Å². The van der Waals surface area contributed by atoms with Crippen LogP contribution in [0.5, 0.6) is 0 Å². The molecular formula is C15H24N2O2. The van der Waals surface area contributed by atoms with E-state index in [0.717, 1.165) is 12.1 Å². The van der Waals surface area contributed by atoms with Crippen LogP contribution in [0, 0.1) is 0 Å². The molecule has 0 heterocycles. The molecule has 1 rings (SSSR count). The number of carboxylic acids is 1. The van der Waals surface area contributed by atoms with E-state index in [1.54, 1.807) is 0 Å². The summed E-state index contributed by atoms with van der Waals surface area (Å²) < 4.78 is 0. The highest BCUT2D eigenvalue weighted by Gasteiger charge is 2.18. The largest absolute Gasteiger partial charge is 0.480 e. The molecule has 0 aliphatic carbocycles. The van der Waals surface area contributed by atoms with E-state index in [4.69, 9.17) is 0 Å². The van der Waals surface area contributed by atoms with Gasteiger partial charge in [-0.15, -0.1) is 0 Å². The second-order valence-corrected chi connectivity index (χ2v) is 5.35. The third kappa shape index (κ3) is 5.01. The van der Waals surface area contributed by atoms with Gasteiger partial charge in [-0.25, -0.2) is 0 Å². The van der Waals surface area contributed by atoms with Crippen LogP contribution in [0.4, 0.5) is 0 Å². The molecule has 0 aromatic heterocycles. The van der Waals surface area contributed by atoms with Crippen LogP contribution in [0.3, 0.4) is 0 Å². The first kappa shape index (κ1) is 15.7. The zero-order chi connectivity index (χ0) is 14.4. The van der Waals surface area contributed by atoms with Crippen LogP contribution in [0.1, 0.15) is 36.9 Å². The predicted molar refractivity (Wildman–Crippen MR) is 77.5 cm³/mol. The van der Waals surface area contributed by atoms with Gasteiger partial charge >= 0.3 is 5.97 Å². The Hall–Kier alpha value is -1.39. The van der Waals surface area contributed by atoms with Crippen molar-refractivity contribution in [2.75, 3.05) is 27.2 Å². The number of carbonyl (C=O) groups is 1. The highest BCUT2D eigenvalue weighted by atomic mass is 16.4. The smallest absolute Gasteiger partial charge is 0.325 e. The third-order valence-electron chi connectivity index (χ3n) is 3.09. The lowest BCUT2D eigenvalue weighted by atomic mass is 9.99. The van der Waals surface area contributed by atoms with Crippen molar-refractivity contribution >= 4 is 5.97 Å². The molecule has 0 spiro atoms. The summed E-state index contributed by atoms with van der Waals surface area (Å²) in [5.41, 5.74) is 2.02. The molecule has 1 aromatic rings. The van der Waals surface area contributed by atoms with Gasteiger partial charge < -0.3 is 10.0 Å². The minimum Gasteiger partial charge on any atom is -0.480 e. The van der Waals surface area contributed by atoms with E-state index in [-0.39, 0.29) is 0 Å². The van der Waals surface area contributed by atoms with Gasteiger partial charge in [0.25, 0.3) is 0 Å². The molecule has 0 aliphatic rings. The Morgan fingerprint density at radius 2 is 1.74 bits per heavy atom. The van der Waals surface area contributed by atoms with Crippen LogP contribution in [-0.2, 0) is 4.79 Å². The molecule has 0 amide bonds. The van der Waals surface area contributed by atoms with Crippen molar-refractivity contribution in [3.05, 3.63) is 35.4 Å². The molecule has 4 nitrogen and oxygen atoms in total. The number of nitrogens with zero attached hydrogens (tertiary/aromatic N) is 1. The molecule has 1 atom stereocenters. The van der Waals surface area contributed by atoms with Crippen molar-refractivity contribution in [2.24, 2.45) is 0 Å². The lowest BCUT2D eigenvalue weighted by Gasteiger charge is -2.17. The Morgan fingerprint density at radius 1 is 1.21 bits per heavy atom. The highest BCUT2D eigenvalue weighted by Crippen LogP contribution is 2.19. The van der Waals surface area contributed by atoms with E-state index in [1.807, 2.05) is 43.3 Å². The summed E-state index contributed by atoms with van der Waals surface area (Å²) in [4.78, 5) is 13.3. The molecule has 0 saturated heterocycles. The molecular weight excluding hydrogens is 240 g/mol. The van der Waals surface area contributed by atoms with Crippen molar-refractivity contribution in [3.63, 3.8) is 0 Å². The maximum atomic E-state index is 11.3. The Balaban J connectivity index is 2.73. The molecule has 0 bridgehead atoms. The Morgan fingerprint density at radius 3 is 2.16 bits per heavy atom. The van der Waals surface area contributed by atoms with Crippen LogP contribution in [0.2, 0.25) is 0 Å². The highest BCUT2D eigenvalue weighted by molar-refractivity contribution is 5.75. The van der Waals surface area contributed by atoms with Crippen molar-refractivity contribution in [1.82, 2.24) is 10.2 Å². The van der Waals surface area contributed by atoms with Gasteiger partial charge in [0.15, 0.2) is 0 Å². The van der Waals surface area contributed by atoms with Gasteiger partial charge in [0, 0.05) is 13.1 Å². The van der Waals surface area contributed by atoms with E-state index >= 15 is 0 Å². The number of hydrogen-bond acceptors (Lipinski definition) is 3. The normalized spacial score (nSPS) is 12.9. The SMILES string of the molecule is CC(C)c1ccc(C(NCCN(C)C)C(=O)O)cc1. The Kier molecular flexibility index (Phi) is 5.99. The zero-order valence-electron chi connectivity index (χ0n) is 12.2. The van der Waals surface area contributed by atoms with Crippen molar-refractivity contribution in [3.8, 4) is 0 Å². The molecule has 0 radical (unpaired) electrons. The average Bonchev–Trinajstić information content (AvgIpc) is 2.34. The second-order valence-electron chi connectivity index (χ2n) is 5.35. The fourth-order valence-electron chi connectivity index (χ4n) is 1.85. The fourth-order valence-corrected chi connectivity index (χ4v) is 1.85. The van der Waals surface area contributed by atoms with Gasteiger partial charge in [0.2, 0.25) is 0 Å². The molecule has 0 saturated carbocycles. The minimum atomic E-state index is -0.837. The summed E-state index contributed by atoms with van der Waals surface area (Å²) in [6.45, 7) is 5.71. The summed E-state index contributed by atoms with van der Waals surface area (Å²) in [7, 11) is 3.93. The van der Waals surface area contributed by atoms with Crippen LogP contribution in [0.25, 0.3) is 0 Å². The van der Waals surface area contributed by atoms with Crippen LogP contribution in [-0.4, -0.2) is 43.2 Å². The first-order valence-electron chi connectivity index (χ1n) is 6.62. The number of nitrogens with one attached hydrogen (secondary N) is 1. The van der Waals surface area contributed by atoms with Crippen molar-refractivity contribution in [2.45, 2.75) is 25.8 Å². The Bertz CT molecular complexity index is 399. The maximum absolute atomic E-state index is 11.3. The lowest BCUT2D eigenvalue weighted by molar-refractivity contribution is -0.139. The number of aliphatic carboxylic acids is 1. The van der Waals surface area contributed by atoms with Crippen molar-refractivity contribution in [1.29, 1.82) is 0 Å². The van der Waals surface area contributed by atoms with Crippen molar-refractivity contribution < 1.29 is 9.90 Å². The van der Waals surface area contributed by atoms with Crippen LogP contribution >= 0.6 is 0 Å². The van der Waals surface area contributed by atoms with E-state index < -0.39 is 12.0 Å². The van der Waals surface area contributed by atoms with Gasteiger partial charge in [0.1, 0.15) is 6.04 Å². The summed E-state index contributed by atoms with van der Waals surface area (Å²) in [6.07, 6.45) is 0. The molecule has 4 heteroatoms. The number of rotatable bonds is 7. The number of carboxylic acid groups (broad SMARTS) is 1. The second kappa shape index (κ2) is 7.26. The lowest BCUT2D eigenvalue weighted by Crippen LogP contribution is -2.33. The first-order chi connectivity index (χ1) is 8.91. The minimum absolute atomic E-state index is 0.457.